The summed E-state index contributed by atoms with van der Waals surface area (Å²) >= 11 is 0. The minimum atomic E-state index is -0.546. The molecule has 0 unspecified atom stereocenters. The van der Waals surface area contributed by atoms with Gasteiger partial charge in [0.2, 0.25) is 5.91 Å². The Morgan fingerprint density at radius 3 is 2.25 bits per heavy atom. The fraction of sp³-hybridized carbons (Fsp3) is 0.235. The predicted molar refractivity (Wildman–Crippen MR) is 86.0 cm³/mol. The van der Waals surface area contributed by atoms with E-state index in [1.165, 1.54) is 31.2 Å². The van der Waals surface area contributed by atoms with Crippen LogP contribution in [0.15, 0.2) is 24.3 Å². The van der Waals surface area contributed by atoms with Crippen molar-refractivity contribution < 1.29 is 18.8 Å². The Kier molecular flexibility index (Phi) is 5.13. The minimum Gasteiger partial charge on any atom is -0.354 e. The number of nitrogens with one attached hydrogen (secondary N) is 3. The van der Waals surface area contributed by atoms with E-state index in [9.17, 15) is 18.8 Å². The van der Waals surface area contributed by atoms with Crippen LogP contribution in [0.3, 0.4) is 0 Å². The molecule has 0 atom stereocenters. The summed E-state index contributed by atoms with van der Waals surface area (Å²) in [6.07, 6.45) is 0.00198. The summed E-state index contributed by atoms with van der Waals surface area (Å²) in [4.78, 5) is 38.4. The number of hydrogen-bond donors (Lipinski definition) is 3. The molecule has 3 N–H and O–H groups in total. The number of ketones is 1. The number of rotatable bonds is 4. The zero-order chi connectivity index (χ0) is 17.9. The first-order chi connectivity index (χ1) is 11.3. The molecule has 2 aromatic rings. The molecule has 0 aliphatic rings. The van der Waals surface area contributed by atoms with Crippen molar-refractivity contribution in [1.29, 1.82) is 0 Å². The molecular formula is C17H18FN3O3. The molecule has 2 amide bonds. The van der Waals surface area contributed by atoms with E-state index in [-0.39, 0.29) is 23.7 Å². The van der Waals surface area contributed by atoms with Crippen LogP contribution in [0.5, 0.6) is 0 Å². The Bertz CT molecular complexity index is 794. The number of hydrogen-bond acceptors (Lipinski definition) is 3. The van der Waals surface area contributed by atoms with Gasteiger partial charge in [-0.15, -0.1) is 0 Å². The summed E-state index contributed by atoms with van der Waals surface area (Å²) in [5.41, 5.74) is 7.03. The van der Waals surface area contributed by atoms with Gasteiger partial charge in [0.1, 0.15) is 11.5 Å². The fourth-order valence-corrected chi connectivity index (χ4v) is 2.53. The normalized spacial score (nSPS) is 10.3. The minimum absolute atomic E-state index is 0.00198. The van der Waals surface area contributed by atoms with Crippen LogP contribution in [-0.2, 0) is 11.2 Å². The second-order valence-corrected chi connectivity index (χ2v) is 5.49. The zero-order valence-corrected chi connectivity index (χ0v) is 13.6. The average molecular weight is 331 g/mol. The van der Waals surface area contributed by atoms with Gasteiger partial charge in [0.15, 0.2) is 5.78 Å². The maximum atomic E-state index is 12.8. The third-order valence-corrected chi connectivity index (χ3v) is 3.61. The summed E-state index contributed by atoms with van der Waals surface area (Å²) in [6.45, 7) is 4.79. The van der Waals surface area contributed by atoms with E-state index < -0.39 is 11.8 Å². The summed E-state index contributed by atoms with van der Waals surface area (Å²) in [6, 6.07) is 5.51. The van der Waals surface area contributed by atoms with Crippen LogP contribution in [0.2, 0.25) is 0 Å². The van der Waals surface area contributed by atoms with Gasteiger partial charge in [-0.25, -0.2) is 4.39 Å². The Morgan fingerprint density at radius 2 is 1.71 bits per heavy atom. The summed E-state index contributed by atoms with van der Waals surface area (Å²) in [5.74, 6) is -1.51. The molecule has 1 heterocycles. The highest BCUT2D eigenvalue weighted by molar-refractivity contribution is 6.02. The van der Waals surface area contributed by atoms with Crippen LogP contribution in [0.1, 0.15) is 44.6 Å². The van der Waals surface area contributed by atoms with Crippen molar-refractivity contribution in [2.24, 2.45) is 0 Å². The van der Waals surface area contributed by atoms with Crippen LogP contribution in [0.4, 0.5) is 4.39 Å². The maximum Gasteiger partial charge on any atom is 0.286 e. The topological polar surface area (TPSA) is 91.1 Å². The SMILES string of the molecule is CC(=O)c1c(C)[nH]c(C(=O)NNC(=O)Cc2ccc(F)cc2)c1C. The second kappa shape index (κ2) is 7.08. The molecular weight excluding hydrogens is 313 g/mol. The molecule has 1 aromatic carbocycles. The number of aromatic nitrogens is 1. The van der Waals surface area contributed by atoms with Crippen LogP contribution in [0.25, 0.3) is 0 Å². The molecule has 24 heavy (non-hydrogen) atoms. The largest absolute Gasteiger partial charge is 0.354 e. The summed E-state index contributed by atoms with van der Waals surface area (Å²) in [5, 5.41) is 0. The number of aryl methyl sites for hydroxylation is 1. The van der Waals surface area contributed by atoms with Crippen LogP contribution >= 0.6 is 0 Å². The van der Waals surface area contributed by atoms with Gasteiger partial charge in [0.25, 0.3) is 5.91 Å². The van der Waals surface area contributed by atoms with Crippen molar-refractivity contribution in [2.75, 3.05) is 0 Å². The van der Waals surface area contributed by atoms with Crippen LogP contribution in [0, 0.1) is 19.7 Å². The number of aromatic amines is 1. The Hall–Kier alpha value is -2.96. The van der Waals surface area contributed by atoms with E-state index in [1.54, 1.807) is 13.8 Å². The van der Waals surface area contributed by atoms with Crippen molar-refractivity contribution >= 4 is 17.6 Å². The number of amides is 2. The van der Waals surface area contributed by atoms with E-state index in [1.807, 2.05) is 0 Å². The lowest BCUT2D eigenvalue weighted by molar-refractivity contribution is -0.121. The van der Waals surface area contributed by atoms with Crippen LogP contribution < -0.4 is 10.9 Å². The van der Waals surface area contributed by atoms with Crippen molar-refractivity contribution in [2.45, 2.75) is 27.2 Å². The van der Waals surface area contributed by atoms with E-state index in [2.05, 4.69) is 15.8 Å². The van der Waals surface area contributed by atoms with Crippen LogP contribution in [-0.4, -0.2) is 22.6 Å². The average Bonchev–Trinajstić information content (AvgIpc) is 2.82. The molecule has 0 fully saturated rings. The number of halogens is 1. The van der Waals surface area contributed by atoms with Gasteiger partial charge in [-0.1, -0.05) is 12.1 Å². The second-order valence-electron chi connectivity index (χ2n) is 5.49. The number of benzene rings is 1. The molecule has 0 radical (unpaired) electrons. The van der Waals surface area contributed by atoms with E-state index in [0.717, 1.165) is 0 Å². The molecule has 0 bridgehead atoms. The van der Waals surface area contributed by atoms with Crippen molar-refractivity contribution in [3.63, 3.8) is 0 Å². The van der Waals surface area contributed by atoms with Gasteiger partial charge in [-0.05, 0) is 44.0 Å². The van der Waals surface area contributed by atoms with Gasteiger partial charge < -0.3 is 4.98 Å². The standard InChI is InChI=1S/C17H18FN3O3/c1-9-15(11(3)22)10(2)19-16(9)17(24)21-20-14(23)8-12-4-6-13(18)7-5-12/h4-7,19H,8H2,1-3H3,(H,20,23)(H,21,24). The number of H-pyrrole nitrogens is 1. The molecule has 6 nitrogen and oxygen atoms in total. The number of carbonyl (C=O) groups is 3. The zero-order valence-electron chi connectivity index (χ0n) is 13.6. The quantitative estimate of drug-likeness (QED) is 0.591. The van der Waals surface area contributed by atoms with Crippen molar-refractivity contribution in [1.82, 2.24) is 15.8 Å². The summed E-state index contributed by atoms with van der Waals surface area (Å²) < 4.78 is 12.8. The molecule has 126 valence electrons. The Labute approximate surface area is 138 Å². The highest BCUT2D eigenvalue weighted by atomic mass is 19.1. The number of hydrazine groups is 1. The first-order valence-corrected chi connectivity index (χ1v) is 7.33. The Morgan fingerprint density at radius 1 is 1.08 bits per heavy atom. The van der Waals surface area contributed by atoms with Gasteiger partial charge in [0, 0.05) is 11.3 Å². The first-order valence-electron chi connectivity index (χ1n) is 7.33. The third-order valence-electron chi connectivity index (χ3n) is 3.61. The predicted octanol–water partition coefficient (Wildman–Crippen LogP) is 1.98. The monoisotopic (exact) mass is 331 g/mol. The lowest BCUT2D eigenvalue weighted by atomic mass is 10.1. The molecule has 7 heteroatoms. The fourth-order valence-electron chi connectivity index (χ4n) is 2.53. The van der Waals surface area contributed by atoms with Gasteiger partial charge in [-0.2, -0.15) is 0 Å². The number of carbonyl (C=O) groups excluding carboxylic acids is 3. The first kappa shape index (κ1) is 17.4. The summed E-state index contributed by atoms with van der Waals surface area (Å²) in [7, 11) is 0. The molecule has 0 saturated heterocycles. The van der Waals surface area contributed by atoms with Gasteiger partial charge in [0.05, 0.1) is 6.42 Å². The molecule has 0 aliphatic carbocycles. The smallest absolute Gasteiger partial charge is 0.286 e. The molecule has 0 aliphatic heterocycles. The maximum absolute atomic E-state index is 12.8. The highest BCUT2D eigenvalue weighted by Crippen LogP contribution is 2.18. The van der Waals surface area contributed by atoms with Crippen molar-refractivity contribution in [3.8, 4) is 0 Å². The van der Waals surface area contributed by atoms with E-state index in [4.69, 9.17) is 0 Å². The van der Waals surface area contributed by atoms with E-state index >= 15 is 0 Å². The molecule has 0 spiro atoms. The lowest BCUT2D eigenvalue weighted by Gasteiger charge is -2.07. The molecule has 0 saturated carbocycles. The lowest BCUT2D eigenvalue weighted by Crippen LogP contribution is -2.42. The van der Waals surface area contributed by atoms with Crippen molar-refractivity contribution in [3.05, 3.63) is 58.2 Å². The molecule has 2 rings (SSSR count). The molecule has 1 aromatic heterocycles. The van der Waals surface area contributed by atoms with E-state index in [0.29, 0.717) is 22.4 Å². The van der Waals surface area contributed by atoms with Gasteiger partial charge >= 0.3 is 0 Å². The highest BCUT2D eigenvalue weighted by Gasteiger charge is 2.20. The number of Topliss-reactive ketones (excluding diaryl/α,β-unsaturated/α-hetero) is 1. The third kappa shape index (κ3) is 3.87. The van der Waals surface area contributed by atoms with Gasteiger partial charge in [-0.3, -0.25) is 25.2 Å². The Balaban J connectivity index is 1.98.